The highest BCUT2D eigenvalue weighted by Crippen LogP contribution is 2.28. The first-order chi connectivity index (χ1) is 12.8. The molecule has 0 saturated carbocycles. The van der Waals surface area contributed by atoms with Gasteiger partial charge in [-0.1, -0.05) is 42.1 Å². The maximum Gasteiger partial charge on any atom is 0.272 e. The van der Waals surface area contributed by atoms with E-state index in [0.29, 0.717) is 18.9 Å². The van der Waals surface area contributed by atoms with Gasteiger partial charge in [-0.15, -0.1) is 10.2 Å². The summed E-state index contributed by atoms with van der Waals surface area (Å²) in [4.78, 5) is 13.4. The highest BCUT2D eigenvalue weighted by molar-refractivity contribution is 7.99. The van der Waals surface area contributed by atoms with Gasteiger partial charge in [0.25, 0.3) is 5.91 Å². The summed E-state index contributed by atoms with van der Waals surface area (Å²) in [6, 6.07) is 18.3. The minimum atomic E-state index is -0.174. The Bertz CT molecular complexity index is 908. The van der Waals surface area contributed by atoms with Crippen molar-refractivity contribution in [3.63, 3.8) is 0 Å². The van der Waals surface area contributed by atoms with Crippen LogP contribution >= 0.6 is 11.8 Å². The van der Waals surface area contributed by atoms with E-state index in [1.165, 1.54) is 22.5 Å². The SMILES string of the molecule is O=C(NC1CCOCC1)c1ccc(Sc2ccc3ccccc3c2)nn1. The molecule has 1 saturated heterocycles. The van der Waals surface area contributed by atoms with Crippen molar-refractivity contribution >= 4 is 28.4 Å². The van der Waals surface area contributed by atoms with Crippen molar-refractivity contribution in [3.8, 4) is 0 Å². The van der Waals surface area contributed by atoms with Crippen molar-refractivity contribution in [2.24, 2.45) is 0 Å². The molecule has 132 valence electrons. The summed E-state index contributed by atoms with van der Waals surface area (Å²) in [6.07, 6.45) is 1.68. The minimum absolute atomic E-state index is 0.157. The summed E-state index contributed by atoms with van der Waals surface area (Å²) >= 11 is 1.54. The smallest absolute Gasteiger partial charge is 0.272 e. The standard InChI is InChI=1S/C20H19N3O2S/c24-20(21-16-9-11-25-12-10-16)18-7-8-19(23-22-18)26-17-6-5-14-3-1-2-4-15(14)13-17/h1-8,13,16H,9-12H2,(H,21,24). The van der Waals surface area contributed by atoms with Crippen LogP contribution in [0.1, 0.15) is 23.3 Å². The molecule has 0 aliphatic carbocycles. The van der Waals surface area contributed by atoms with E-state index in [4.69, 9.17) is 4.74 Å². The number of carbonyl (C=O) groups excluding carboxylic acids is 1. The summed E-state index contributed by atoms with van der Waals surface area (Å²) in [6.45, 7) is 1.38. The molecule has 0 unspecified atom stereocenters. The van der Waals surface area contributed by atoms with Crippen LogP contribution in [0.2, 0.25) is 0 Å². The number of rotatable bonds is 4. The molecule has 1 amide bonds. The second kappa shape index (κ2) is 7.85. The molecule has 1 aromatic heterocycles. The first-order valence-electron chi connectivity index (χ1n) is 8.67. The van der Waals surface area contributed by atoms with Crippen molar-refractivity contribution < 1.29 is 9.53 Å². The summed E-state index contributed by atoms with van der Waals surface area (Å²) in [5, 5.41) is 14.5. The van der Waals surface area contributed by atoms with Gasteiger partial charge in [0, 0.05) is 24.2 Å². The lowest BCUT2D eigenvalue weighted by atomic mass is 10.1. The van der Waals surface area contributed by atoms with Gasteiger partial charge < -0.3 is 10.1 Å². The zero-order valence-electron chi connectivity index (χ0n) is 14.2. The molecule has 0 atom stereocenters. The van der Waals surface area contributed by atoms with E-state index in [9.17, 15) is 4.79 Å². The predicted molar refractivity (Wildman–Crippen MR) is 101 cm³/mol. The average molecular weight is 365 g/mol. The number of nitrogens with one attached hydrogen (secondary N) is 1. The number of nitrogens with zero attached hydrogens (tertiary/aromatic N) is 2. The molecule has 0 radical (unpaired) electrons. The molecule has 1 aliphatic rings. The lowest BCUT2D eigenvalue weighted by molar-refractivity contribution is 0.0693. The van der Waals surface area contributed by atoms with Crippen LogP contribution in [-0.2, 0) is 4.74 Å². The molecule has 1 N–H and O–H groups in total. The number of carbonyl (C=O) groups is 1. The highest BCUT2D eigenvalue weighted by Gasteiger charge is 2.18. The molecule has 1 fully saturated rings. The normalized spacial score (nSPS) is 15.1. The first kappa shape index (κ1) is 17.0. The van der Waals surface area contributed by atoms with Gasteiger partial charge in [0.2, 0.25) is 0 Å². The third kappa shape index (κ3) is 4.03. The second-order valence-corrected chi connectivity index (χ2v) is 7.32. The van der Waals surface area contributed by atoms with Gasteiger partial charge in [-0.3, -0.25) is 4.79 Å². The molecule has 3 aromatic rings. The minimum Gasteiger partial charge on any atom is -0.381 e. The van der Waals surface area contributed by atoms with E-state index in [-0.39, 0.29) is 11.9 Å². The lowest BCUT2D eigenvalue weighted by Crippen LogP contribution is -2.39. The first-order valence-corrected chi connectivity index (χ1v) is 9.48. The number of hydrogen-bond acceptors (Lipinski definition) is 5. The fraction of sp³-hybridized carbons (Fsp3) is 0.250. The Hall–Kier alpha value is -2.44. The summed E-state index contributed by atoms with van der Waals surface area (Å²) < 4.78 is 5.30. The van der Waals surface area contributed by atoms with Gasteiger partial charge in [-0.05, 0) is 47.9 Å². The Labute approximate surface area is 156 Å². The van der Waals surface area contributed by atoms with Crippen LogP contribution in [0.3, 0.4) is 0 Å². The maximum absolute atomic E-state index is 12.3. The Morgan fingerprint density at radius 2 is 1.81 bits per heavy atom. The molecule has 5 nitrogen and oxygen atoms in total. The average Bonchev–Trinajstić information content (AvgIpc) is 2.69. The third-order valence-corrected chi connectivity index (χ3v) is 5.29. The van der Waals surface area contributed by atoms with Gasteiger partial charge in [-0.25, -0.2) is 0 Å². The molecule has 6 heteroatoms. The third-order valence-electron chi connectivity index (χ3n) is 4.37. The van der Waals surface area contributed by atoms with E-state index in [1.54, 1.807) is 6.07 Å². The predicted octanol–water partition coefficient (Wildman–Crippen LogP) is 3.69. The number of benzene rings is 2. The van der Waals surface area contributed by atoms with E-state index in [1.807, 2.05) is 18.2 Å². The van der Waals surface area contributed by atoms with Crippen LogP contribution in [0.15, 0.2) is 64.5 Å². The van der Waals surface area contributed by atoms with Crippen molar-refractivity contribution in [1.82, 2.24) is 15.5 Å². The Balaban J connectivity index is 1.42. The quantitative estimate of drug-likeness (QED) is 0.764. The summed E-state index contributed by atoms with van der Waals surface area (Å²) in [5.74, 6) is -0.174. The van der Waals surface area contributed by atoms with Gasteiger partial charge in [-0.2, -0.15) is 0 Å². The topological polar surface area (TPSA) is 64.1 Å². The van der Waals surface area contributed by atoms with Crippen LogP contribution < -0.4 is 5.32 Å². The Kier molecular flexibility index (Phi) is 5.13. The molecule has 2 heterocycles. The number of amides is 1. The fourth-order valence-electron chi connectivity index (χ4n) is 2.95. The molecule has 2 aromatic carbocycles. The molecular weight excluding hydrogens is 346 g/mol. The Morgan fingerprint density at radius 1 is 1.00 bits per heavy atom. The van der Waals surface area contributed by atoms with Crippen molar-refractivity contribution in [2.75, 3.05) is 13.2 Å². The largest absolute Gasteiger partial charge is 0.381 e. The molecule has 0 spiro atoms. The van der Waals surface area contributed by atoms with Crippen LogP contribution in [0.5, 0.6) is 0 Å². The molecule has 4 rings (SSSR count). The monoisotopic (exact) mass is 365 g/mol. The second-order valence-electron chi connectivity index (χ2n) is 6.23. The van der Waals surface area contributed by atoms with Crippen LogP contribution in [0.25, 0.3) is 10.8 Å². The molecular formula is C20H19N3O2S. The van der Waals surface area contributed by atoms with E-state index in [0.717, 1.165) is 22.8 Å². The fourth-order valence-corrected chi connectivity index (χ4v) is 3.73. The number of aromatic nitrogens is 2. The summed E-state index contributed by atoms with van der Waals surface area (Å²) in [5.41, 5.74) is 0.347. The van der Waals surface area contributed by atoms with Crippen molar-refractivity contribution in [2.45, 2.75) is 28.8 Å². The maximum atomic E-state index is 12.3. The number of fused-ring (bicyclic) bond motifs is 1. The number of hydrogen-bond donors (Lipinski definition) is 1. The van der Waals surface area contributed by atoms with Gasteiger partial charge in [0.15, 0.2) is 5.69 Å². The Morgan fingerprint density at radius 3 is 2.58 bits per heavy atom. The molecule has 1 aliphatic heterocycles. The molecule has 26 heavy (non-hydrogen) atoms. The number of ether oxygens (including phenoxy) is 1. The van der Waals surface area contributed by atoms with Crippen molar-refractivity contribution in [3.05, 3.63) is 60.3 Å². The van der Waals surface area contributed by atoms with Gasteiger partial charge in [0.1, 0.15) is 5.03 Å². The lowest BCUT2D eigenvalue weighted by Gasteiger charge is -2.22. The molecule has 0 bridgehead atoms. The van der Waals surface area contributed by atoms with Crippen LogP contribution in [0, 0.1) is 0 Å². The van der Waals surface area contributed by atoms with E-state index >= 15 is 0 Å². The van der Waals surface area contributed by atoms with Crippen LogP contribution in [0.4, 0.5) is 0 Å². The summed E-state index contributed by atoms with van der Waals surface area (Å²) in [7, 11) is 0. The van der Waals surface area contributed by atoms with Crippen molar-refractivity contribution in [1.29, 1.82) is 0 Å². The van der Waals surface area contributed by atoms with Gasteiger partial charge in [0.05, 0.1) is 0 Å². The highest BCUT2D eigenvalue weighted by atomic mass is 32.2. The van der Waals surface area contributed by atoms with E-state index < -0.39 is 0 Å². The zero-order valence-corrected chi connectivity index (χ0v) is 15.0. The zero-order chi connectivity index (χ0) is 17.8. The van der Waals surface area contributed by atoms with Gasteiger partial charge >= 0.3 is 0 Å². The van der Waals surface area contributed by atoms with Crippen LogP contribution in [-0.4, -0.2) is 35.4 Å². The van der Waals surface area contributed by atoms with E-state index in [2.05, 4.69) is 45.8 Å².